The molecule has 2 aliphatic heterocycles. The van der Waals surface area contributed by atoms with Gasteiger partial charge < -0.3 is 38.8 Å². The summed E-state index contributed by atoms with van der Waals surface area (Å²) in [5.41, 5.74) is 1.04. The maximum atomic E-state index is 17.9. The van der Waals surface area contributed by atoms with E-state index in [0.29, 0.717) is 47.5 Å². The summed E-state index contributed by atoms with van der Waals surface area (Å²) >= 11 is 14.0. The molecule has 0 spiro atoms. The third-order valence-electron chi connectivity index (χ3n) is 13.1. The molecule has 2 atom stereocenters. The molecule has 388 valence electrons. The van der Waals surface area contributed by atoms with Crippen molar-refractivity contribution < 1.29 is 45.6 Å². The summed E-state index contributed by atoms with van der Waals surface area (Å²) < 4.78 is 107. The fourth-order valence-electron chi connectivity index (χ4n) is 9.35. The van der Waals surface area contributed by atoms with Crippen LogP contribution in [0.25, 0.3) is 17.0 Å². The highest BCUT2D eigenvalue weighted by Crippen LogP contribution is 2.44. The number of benzene rings is 5. The maximum Gasteiger partial charge on any atom is 0.418 e. The smallest absolute Gasteiger partial charge is 0.418 e. The molecule has 1 N–H and O–H groups in total. The lowest BCUT2D eigenvalue weighted by Gasteiger charge is -2.31. The van der Waals surface area contributed by atoms with Crippen molar-refractivity contribution in [2.75, 3.05) is 44.9 Å². The van der Waals surface area contributed by atoms with Crippen LogP contribution in [0, 0.1) is 18.6 Å². The summed E-state index contributed by atoms with van der Waals surface area (Å²) in [6.07, 6.45) is -3.91. The van der Waals surface area contributed by atoms with Crippen LogP contribution in [0.3, 0.4) is 0 Å². The van der Waals surface area contributed by atoms with Gasteiger partial charge in [0, 0.05) is 37.7 Å². The van der Waals surface area contributed by atoms with Crippen LogP contribution in [0.1, 0.15) is 51.8 Å². The Hall–Kier alpha value is -7.63. The highest BCUT2D eigenvalue weighted by molar-refractivity contribution is 6.63. The van der Waals surface area contributed by atoms with Crippen LogP contribution in [-0.4, -0.2) is 56.5 Å². The van der Waals surface area contributed by atoms with Crippen molar-refractivity contribution in [3.8, 4) is 40.0 Å². The quantitative estimate of drug-likeness (QED) is 0.0884. The molecule has 2 unspecified atom stereocenters. The van der Waals surface area contributed by atoms with Crippen LogP contribution < -0.4 is 49.4 Å². The molecule has 0 aliphatic carbocycles. The Bertz CT molecular complexity index is 3290. The zero-order valence-corrected chi connectivity index (χ0v) is 43.0. The molecule has 0 saturated carbocycles. The SMILES string of the molecule is COc1ccc(CN(Cc2ccc(OC)cc2)c2cc(C)c(C(F)(F)F)c(-c3c(F)c4c5c(c3Cl)=NCNC=5C(C(C)c3cc(F)cnc3N(Cc3ccc(OC)cc3)Cc3ccc(OC)cc3)N=C(Cl)O4)n2)cc1. The van der Waals surface area contributed by atoms with Gasteiger partial charge in [-0.1, -0.05) is 67.1 Å². The van der Waals surface area contributed by atoms with Crippen molar-refractivity contribution in [1.82, 2.24) is 15.3 Å². The molecule has 4 heterocycles. The highest BCUT2D eigenvalue weighted by atomic mass is 35.5. The first-order valence-corrected chi connectivity index (χ1v) is 24.3. The number of halogens is 7. The van der Waals surface area contributed by atoms with Crippen LogP contribution in [-0.2, 0) is 32.4 Å². The summed E-state index contributed by atoms with van der Waals surface area (Å²) in [6.45, 7) is 3.91. The van der Waals surface area contributed by atoms with Crippen molar-refractivity contribution in [1.29, 1.82) is 0 Å². The minimum absolute atomic E-state index is 0.0231. The minimum Gasteiger partial charge on any atom is -0.497 e. The lowest BCUT2D eigenvalue weighted by atomic mass is 9.89. The zero-order chi connectivity index (χ0) is 53.1. The Morgan fingerprint density at radius 2 is 1.20 bits per heavy atom. The van der Waals surface area contributed by atoms with Gasteiger partial charge in [0.2, 0.25) is 0 Å². The van der Waals surface area contributed by atoms with Crippen molar-refractivity contribution in [2.24, 2.45) is 9.98 Å². The number of nitrogens with one attached hydrogen (secondary N) is 1. The number of pyridine rings is 2. The second-order valence-electron chi connectivity index (χ2n) is 17.9. The molecule has 0 amide bonds. The van der Waals surface area contributed by atoms with Gasteiger partial charge in [-0.3, -0.25) is 4.99 Å². The number of methoxy groups -OCH3 is 4. The lowest BCUT2D eigenvalue weighted by Crippen LogP contribution is -2.44. The fraction of sp³-hybridized carbons (Fsp3) is 0.250. The Labute approximate surface area is 439 Å². The van der Waals surface area contributed by atoms with E-state index in [1.54, 1.807) is 64.5 Å². The molecule has 12 nitrogen and oxygen atoms in total. The summed E-state index contributed by atoms with van der Waals surface area (Å²) in [5.74, 6) is -0.232. The second kappa shape index (κ2) is 22.1. The van der Waals surface area contributed by atoms with Gasteiger partial charge in [-0.25, -0.2) is 23.7 Å². The van der Waals surface area contributed by atoms with Crippen molar-refractivity contribution in [3.63, 3.8) is 0 Å². The first-order valence-electron chi connectivity index (χ1n) is 23.6. The van der Waals surface area contributed by atoms with Crippen LogP contribution >= 0.6 is 23.2 Å². The Morgan fingerprint density at radius 1 is 0.720 bits per heavy atom. The fourth-order valence-corrected chi connectivity index (χ4v) is 9.86. The van der Waals surface area contributed by atoms with Gasteiger partial charge in [-0.2, -0.15) is 13.2 Å². The van der Waals surface area contributed by atoms with E-state index in [0.717, 1.165) is 28.5 Å². The van der Waals surface area contributed by atoms with Gasteiger partial charge in [0.15, 0.2) is 11.6 Å². The van der Waals surface area contributed by atoms with E-state index < -0.39 is 62.7 Å². The van der Waals surface area contributed by atoms with E-state index in [1.165, 1.54) is 19.1 Å². The molecular weight excluding hydrogens is 1020 g/mol. The normalized spacial score (nSPS) is 14.3. The molecule has 19 heteroatoms. The Kier molecular flexibility index (Phi) is 15.4. The molecule has 0 bridgehead atoms. The summed E-state index contributed by atoms with van der Waals surface area (Å²) in [4.78, 5) is 22.4. The molecule has 0 radical (unpaired) electrons. The largest absolute Gasteiger partial charge is 0.497 e. The van der Waals surface area contributed by atoms with E-state index in [2.05, 4.69) is 20.3 Å². The van der Waals surface area contributed by atoms with Gasteiger partial charge in [-0.15, -0.1) is 0 Å². The predicted octanol–water partition coefficient (Wildman–Crippen LogP) is 11.3. The number of alkyl halides is 3. The van der Waals surface area contributed by atoms with E-state index in [9.17, 15) is 0 Å². The Balaban J connectivity index is 1.18. The Morgan fingerprint density at radius 3 is 1.67 bits per heavy atom. The van der Waals surface area contributed by atoms with Crippen LogP contribution in [0.2, 0.25) is 5.02 Å². The zero-order valence-electron chi connectivity index (χ0n) is 41.5. The number of rotatable bonds is 17. The van der Waals surface area contributed by atoms with Gasteiger partial charge in [0.05, 0.1) is 72.8 Å². The number of hydrogen-bond acceptors (Lipinski definition) is 12. The molecule has 0 saturated heterocycles. The summed E-state index contributed by atoms with van der Waals surface area (Å²) in [5, 5.41) is 2.08. The molecule has 2 aliphatic rings. The van der Waals surface area contributed by atoms with Gasteiger partial charge >= 0.3 is 6.18 Å². The van der Waals surface area contributed by atoms with Crippen LogP contribution in [0.15, 0.2) is 125 Å². The summed E-state index contributed by atoms with van der Waals surface area (Å²) in [7, 11) is 6.25. The number of anilines is 2. The van der Waals surface area contributed by atoms with E-state index in [4.69, 9.17) is 51.9 Å². The molecule has 75 heavy (non-hydrogen) atoms. The third kappa shape index (κ3) is 11.1. The second-order valence-corrected chi connectivity index (χ2v) is 18.6. The van der Waals surface area contributed by atoms with Gasteiger partial charge in [-0.05, 0) is 107 Å². The van der Waals surface area contributed by atoms with E-state index >= 15 is 22.0 Å². The van der Waals surface area contributed by atoms with Crippen molar-refractivity contribution in [3.05, 3.63) is 182 Å². The molecule has 2 aromatic heterocycles. The number of aryl methyl sites for hydroxylation is 1. The minimum atomic E-state index is -5.04. The standard InChI is InChI=1S/C56H50Cl2F5N7O5/c1-31-23-43(69(26-33-7-15-38(71-3)16-8-33)27-34-9-17-39(72-4)18-10-34)67-50(46(31)56(61,62)63)44-47(57)51-45-52(66-30-65-51)49(68-55(58)75-53(45)48(44)60)32(2)42-24-37(59)25-64-54(42)70(28-35-11-19-40(73-5)20-12-35)29-36-13-21-41(74-6)22-14-36/h7-25,32,49,66H,26-30H2,1-6H3. The first kappa shape index (κ1) is 52.2. The number of hydrogen-bond donors (Lipinski definition) is 1. The number of aliphatic imine (C=N–C) groups is 1. The van der Waals surface area contributed by atoms with E-state index in [-0.39, 0.29) is 47.4 Å². The number of nitrogens with zero attached hydrogens (tertiary/aromatic N) is 6. The van der Waals surface area contributed by atoms with Gasteiger partial charge in [0.25, 0.3) is 5.36 Å². The first-order chi connectivity index (χ1) is 36.1. The van der Waals surface area contributed by atoms with E-state index in [1.807, 2.05) is 77.7 Å². The molecule has 9 rings (SSSR count). The van der Waals surface area contributed by atoms with Crippen molar-refractivity contribution >= 4 is 45.9 Å². The molecule has 0 fully saturated rings. The predicted molar refractivity (Wildman–Crippen MR) is 279 cm³/mol. The average Bonchev–Trinajstić information content (AvgIpc) is 3.56. The number of aromatic nitrogens is 2. The third-order valence-corrected chi connectivity index (χ3v) is 13.7. The molecule has 5 aromatic carbocycles. The molecule has 7 aromatic rings. The maximum absolute atomic E-state index is 17.9. The summed E-state index contributed by atoms with van der Waals surface area (Å²) in [6, 6.07) is 31.1. The van der Waals surface area contributed by atoms with Crippen LogP contribution in [0.5, 0.6) is 28.7 Å². The monoisotopic (exact) mass is 1070 g/mol. The number of ether oxygens (including phenoxy) is 5. The van der Waals surface area contributed by atoms with Crippen molar-refractivity contribution in [2.45, 2.75) is 58.2 Å². The van der Waals surface area contributed by atoms with Gasteiger partial charge in [0.1, 0.15) is 53.2 Å². The highest BCUT2D eigenvalue weighted by Gasteiger charge is 2.41. The van der Waals surface area contributed by atoms with Crippen LogP contribution in [0.4, 0.5) is 33.6 Å². The average molecular weight is 1070 g/mol. The topological polar surface area (TPSA) is 115 Å². The molecular formula is C56H50Cl2F5N7O5. The lowest BCUT2D eigenvalue weighted by molar-refractivity contribution is -0.137.